The van der Waals surface area contributed by atoms with E-state index >= 15 is 0 Å². The largest absolute Gasteiger partial charge is 0.443 e. The first-order valence-corrected chi connectivity index (χ1v) is 7.83. The Morgan fingerprint density at radius 2 is 1.92 bits per heavy atom. The van der Waals surface area contributed by atoms with Gasteiger partial charge in [-0.15, -0.1) is 12.4 Å². The van der Waals surface area contributed by atoms with E-state index in [2.05, 4.69) is 14.6 Å². The number of aryl methyl sites for hydroxylation is 1. The Bertz CT molecular complexity index is 955. The summed E-state index contributed by atoms with van der Waals surface area (Å²) in [5, 5.41) is 4.15. The van der Waals surface area contributed by atoms with Gasteiger partial charge in [0.25, 0.3) is 0 Å². The molecule has 0 spiro atoms. The van der Waals surface area contributed by atoms with Crippen LogP contribution < -0.4 is 5.32 Å². The molecule has 2 heterocycles. The van der Waals surface area contributed by atoms with Crippen molar-refractivity contribution in [2.24, 2.45) is 0 Å². The van der Waals surface area contributed by atoms with E-state index in [4.69, 9.17) is 0 Å². The fourth-order valence-corrected chi connectivity index (χ4v) is 3.43. The normalized spacial score (nSPS) is 19.3. The quantitative estimate of drug-likeness (QED) is 0.717. The number of hydrogen-bond donors (Lipinski definition) is 1. The molecule has 7 heteroatoms. The number of alkyl carbamates (subject to hydrolysis) is 1. The van der Waals surface area contributed by atoms with E-state index in [1.165, 1.54) is 0 Å². The predicted octanol–water partition coefficient (Wildman–Crippen LogP) is 4.65. The van der Waals surface area contributed by atoms with Crippen LogP contribution in [-0.4, -0.2) is 23.2 Å². The summed E-state index contributed by atoms with van der Waals surface area (Å²) in [5.41, 5.74) is 2.43. The van der Waals surface area contributed by atoms with Crippen LogP contribution in [0.4, 0.5) is 13.6 Å². The molecule has 0 radical (unpaired) electrons. The molecular formula is C18H17ClF2N2O2. The Labute approximate surface area is 149 Å². The van der Waals surface area contributed by atoms with Gasteiger partial charge in [0.15, 0.2) is 6.61 Å². The van der Waals surface area contributed by atoms with Gasteiger partial charge in [0, 0.05) is 28.4 Å². The van der Waals surface area contributed by atoms with Gasteiger partial charge in [-0.2, -0.15) is 0 Å². The average Bonchev–Trinajstić information content (AvgIpc) is 2.90. The number of nitrogens with zero attached hydrogens (tertiary/aromatic N) is 1. The summed E-state index contributed by atoms with van der Waals surface area (Å²) < 4.78 is 34.9. The summed E-state index contributed by atoms with van der Waals surface area (Å²) in [6.07, 6.45) is -0.818. The third kappa shape index (κ3) is 2.70. The zero-order valence-corrected chi connectivity index (χ0v) is 14.3. The van der Waals surface area contributed by atoms with E-state index in [-0.39, 0.29) is 12.4 Å². The molecule has 0 bridgehead atoms. The zero-order chi connectivity index (χ0) is 16.9. The number of alkyl halides is 2. The van der Waals surface area contributed by atoms with Crippen molar-refractivity contribution in [3.8, 4) is 0 Å². The van der Waals surface area contributed by atoms with E-state index < -0.39 is 24.7 Å². The molecule has 132 valence electrons. The van der Waals surface area contributed by atoms with E-state index in [0.29, 0.717) is 5.56 Å². The maximum absolute atomic E-state index is 14.2. The van der Waals surface area contributed by atoms with Crippen molar-refractivity contribution in [2.45, 2.75) is 25.4 Å². The number of cyclic esters (lactones) is 1. The minimum atomic E-state index is -3.15. The van der Waals surface area contributed by atoms with Gasteiger partial charge in [0.2, 0.25) is 0 Å². The molecule has 2 aromatic carbocycles. The SMILES string of the molecule is CCn1c2ccccc2c2cc([C@@H]3NC(=O)OCC3(F)F)ccc21.Cl. The van der Waals surface area contributed by atoms with Gasteiger partial charge in [-0.25, -0.2) is 13.6 Å². The van der Waals surface area contributed by atoms with Gasteiger partial charge in [-0.3, -0.25) is 0 Å². The molecular weight excluding hydrogens is 350 g/mol. The van der Waals surface area contributed by atoms with Gasteiger partial charge in [0.1, 0.15) is 6.04 Å². The number of carbonyl (C=O) groups is 1. The Morgan fingerprint density at radius 1 is 1.20 bits per heavy atom. The van der Waals surface area contributed by atoms with E-state index in [1.807, 2.05) is 37.3 Å². The molecule has 1 amide bonds. The standard InChI is InChI=1S/C18H16F2N2O2.ClH/c1-2-22-14-6-4-3-5-12(14)13-9-11(7-8-15(13)22)16-18(19,20)10-24-17(23)21-16;/h3-9,16H,2,10H2,1H3,(H,21,23);1H/t16-;/m0./s1. The van der Waals surface area contributed by atoms with Crippen LogP contribution >= 0.6 is 12.4 Å². The van der Waals surface area contributed by atoms with E-state index in [1.54, 1.807) is 12.1 Å². The Balaban J connectivity index is 0.00000182. The molecule has 1 saturated heterocycles. The second-order valence-electron chi connectivity index (χ2n) is 5.95. The van der Waals surface area contributed by atoms with Gasteiger partial charge in [-0.1, -0.05) is 24.3 Å². The second-order valence-corrected chi connectivity index (χ2v) is 5.95. The highest BCUT2D eigenvalue weighted by atomic mass is 35.5. The van der Waals surface area contributed by atoms with Crippen LogP contribution in [0, 0.1) is 0 Å². The van der Waals surface area contributed by atoms with Crippen LogP contribution in [-0.2, 0) is 11.3 Å². The minimum Gasteiger partial charge on any atom is -0.443 e. The molecule has 1 atom stereocenters. The van der Waals surface area contributed by atoms with Crippen molar-refractivity contribution in [3.05, 3.63) is 48.0 Å². The van der Waals surface area contributed by atoms with Crippen LogP contribution in [0.5, 0.6) is 0 Å². The Hall–Kier alpha value is -2.34. The predicted molar refractivity (Wildman–Crippen MR) is 94.5 cm³/mol. The highest BCUT2D eigenvalue weighted by Crippen LogP contribution is 2.37. The number of hydrogen-bond acceptors (Lipinski definition) is 2. The van der Waals surface area contributed by atoms with Crippen molar-refractivity contribution in [1.82, 2.24) is 9.88 Å². The lowest BCUT2D eigenvalue weighted by Crippen LogP contribution is -2.49. The lowest BCUT2D eigenvalue weighted by atomic mass is 9.98. The molecule has 0 unspecified atom stereocenters. The highest BCUT2D eigenvalue weighted by Gasteiger charge is 2.46. The number of carbonyl (C=O) groups excluding carboxylic acids is 1. The van der Waals surface area contributed by atoms with Gasteiger partial charge in [0.05, 0.1) is 0 Å². The number of nitrogens with one attached hydrogen (secondary N) is 1. The smallest absolute Gasteiger partial charge is 0.408 e. The zero-order valence-electron chi connectivity index (χ0n) is 13.5. The number of amides is 1. The third-order valence-electron chi connectivity index (χ3n) is 4.53. The minimum absolute atomic E-state index is 0. The van der Waals surface area contributed by atoms with Crippen LogP contribution in [0.15, 0.2) is 42.5 Å². The van der Waals surface area contributed by atoms with Crippen LogP contribution in [0.25, 0.3) is 21.8 Å². The molecule has 0 aliphatic carbocycles. The molecule has 4 rings (SSSR count). The molecule has 1 aliphatic heterocycles. The van der Waals surface area contributed by atoms with Gasteiger partial charge >= 0.3 is 12.0 Å². The molecule has 3 aromatic rings. The number of ether oxygens (including phenoxy) is 1. The fourth-order valence-electron chi connectivity index (χ4n) is 3.43. The fraction of sp³-hybridized carbons (Fsp3) is 0.278. The highest BCUT2D eigenvalue weighted by molar-refractivity contribution is 6.08. The molecule has 4 nitrogen and oxygen atoms in total. The number of rotatable bonds is 2. The molecule has 25 heavy (non-hydrogen) atoms. The van der Waals surface area contributed by atoms with Crippen molar-refractivity contribution in [2.75, 3.05) is 6.61 Å². The lowest BCUT2D eigenvalue weighted by molar-refractivity contribution is -0.104. The summed E-state index contributed by atoms with van der Waals surface area (Å²) in [7, 11) is 0. The number of aromatic nitrogens is 1. The summed E-state index contributed by atoms with van der Waals surface area (Å²) in [5.74, 6) is -3.15. The van der Waals surface area contributed by atoms with Crippen molar-refractivity contribution >= 4 is 40.3 Å². The third-order valence-corrected chi connectivity index (χ3v) is 4.53. The summed E-state index contributed by atoms with van der Waals surface area (Å²) in [6, 6.07) is 11.7. The number of fused-ring (bicyclic) bond motifs is 3. The number of para-hydroxylation sites is 1. The first kappa shape index (κ1) is 17.5. The molecule has 1 aromatic heterocycles. The summed E-state index contributed by atoms with van der Waals surface area (Å²) in [6.45, 7) is 1.93. The van der Waals surface area contributed by atoms with Crippen molar-refractivity contribution in [3.63, 3.8) is 0 Å². The lowest BCUT2D eigenvalue weighted by Gasteiger charge is -2.31. The van der Waals surface area contributed by atoms with Gasteiger partial charge in [-0.05, 0) is 30.7 Å². The Morgan fingerprint density at radius 3 is 2.68 bits per heavy atom. The summed E-state index contributed by atoms with van der Waals surface area (Å²) in [4.78, 5) is 11.4. The van der Waals surface area contributed by atoms with Crippen molar-refractivity contribution in [1.29, 1.82) is 0 Å². The number of benzene rings is 2. The van der Waals surface area contributed by atoms with E-state index in [0.717, 1.165) is 28.4 Å². The monoisotopic (exact) mass is 366 g/mol. The maximum atomic E-state index is 14.2. The first-order valence-electron chi connectivity index (χ1n) is 7.83. The van der Waals surface area contributed by atoms with Gasteiger partial charge < -0.3 is 14.6 Å². The van der Waals surface area contributed by atoms with Crippen LogP contribution in [0.3, 0.4) is 0 Å². The number of halogens is 3. The van der Waals surface area contributed by atoms with E-state index in [9.17, 15) is 13.6 Å². The Kier molecular flexibility index (Phi) is 4.33. The molecule has 1 aliphatic rings. The summed E-state index contributed by atoms with van der Waals surface area (Å²) >= 11 is 0. The average molecular weight is 367 g/mol. The second kappa shape index (κ2) is 6.19. The van der Waals surface area contributed by atoms with Crippen molar-refractivity contribution < 1.29 is 18.3 Å². The maximum Gasteiger partial charge on any atom is 0.408 e. The topological polar surface area (TPSA) is 43.3 Å². The first-order chi connectivity index (χ1) is 11.5. The molecule has 1 fully saturated rings. The van der Waals surface area contributed by atoms with Crippen LogP contribution in [0.1, 0.15) is 18.5 Å². The van der Waals surface area contributed by atoms with Crippen LogP contribution in [0.2, 0.25) is 0 Å². The molecule has 0 saturated carbocycles. The molecule has 1 N–H and O–H groups in total.